The van der Waals surface area contributed by atoms with Gasteiger partial charge in [-0.25, -0.2) is 0 Å². The summed E-state index contributed by atoms with van der Waals surface area (Å²) in [5, 5.41) is 13.3. The molecule has 1 aliphatic carbocycles. The highest BCUT2D eigenvalue weighted by Gasteiger charge is 2.27. The van der Waals surface area contributed by atoms with Crippen molar-refractivity contribution in [1.29, 1.82) is 0 Å². The quantitative estimate of drug-likeness (QED) is 0.209. The fraction of sp³-hybridized carbons (Fsp3) is 0.889. The Hall–Kier alpha value is -0.570. The van der Waals surface area contributed by atoms with Gasteiger partial charge in [-0.3, -0.25) is 9.79 Å². The van der Waals surface area contributed by atoms with Crippen molar-refractivity contribution in [2.75, 3.05) is 20.1 Å². The van der Waals surface area contributed by atoms with E-state index >= 15 is 0 Å². The SMILES string of the molecule is CN=C(NCCNC(C)(C)C)NC1CCCC(C(=O)NC(C)C)C1.I. The van der Waals surface area contributed by atoms with Gasteiger partial charge in [-0.1, -0.05) is 6.42 Å². The van der Waals surface area contributed by atoms with Crippen molar-refractivity contribution >= 4 is 35.8 Å². The third-order valence-corrected chi connectivity index (χ3v) is 4.11. The van der Waals surface area contributed by atoms with Gasteiger partial charge in [0.05, 0.1) is 0 Å². The lowest BCUT2D eigenvalue weighted by Crippen LogP contribution is -2.49. The molecule has 0 aromatic heterocycles. The first-order valence-electron chi connectivity index (χ1n) is 9.24. The predicted molar refractivity (Wildman–Crippen MR) is 117 cm³/mol. The largest absolute Gasteiger partial charge is 0.355 e. The highest BCUT2D eigenvalue weighted by atomic mass is 127. The number of amides is 1. The summed E-state index contributed by atoms with van der Waals surface area (Å²) in [6.07, 6.45) is 4.03. The molecule has 1 saturated carbocycles. The average Bonchev–Trinajstić information content (AvgIpc) is 2.49. The van der Waals surface area contributed by atoms with Crippen molar-refractivity contribution in [3.63, 3.8) is 0 Å². The smallest absolute Gasteiger partial charge is 0.223 e. The Morgan fingerprint density at radius 1 is 1.20 bits per heavy atom. The minimum atomic E-state index is 0. The van der Waals surface area contributed by atoms with Gasteiger partial charge in [-0.15, -0.1) is 24.0 Å². The van der Waals surface area contributed by atoms with Crippen LogP contribution in [0.25, 0.3) is 0 Å². The Balaban J connectivity index is 0.00000576. The zero-order valence-electron chi connectivity index (χ0n) is 16.7. The molecule has 0 spiro atoms. The van der Waals surface area contributed by atoms with Gasteiger partial charge < -0.3 is 21.3 Å². The van der Waals surface area contributed by atoms with Crippen LogP contribution in [0.1, 0.15) is 60.3 Å². The maximum Gasteiger partial charge on any atom is 0.223 e. The molecule has 0 aliphatic heterocycles. The molecular formula is C18H38IN5O. The first kappa shape index (κ1) is 24.4. The Morgan fingerprint density at radius 2 is 1.88 bits per heavy atom. The molecule has 0 radical (unpaired) electrons. The predicted octanol–water partition coefficient (Wildman–Crippen LogP) is 2.24. The molecule has 0 bridgehead atoms. The van der Waals surface area contributed by atoms with Gasteiger partial charge in [0.1, 0.15) is 0 Å². The molecule has 1 rings (SSSR count). The lowest BCUT2D eigenvalue weighted by Gasteiger charge is -2.30. The van der Waals surface area contributed by atoms with Gasteiger partial charge in [0, 0.05) is 43.7 Å². The Morgan fingerprint density at radius 3 is 2.44 bits per heavy atom. The molecule has 0 aromatic rings. The molecular weight excluding hydrogens is 429 g/mol. The van der Waals surface area contributed by atoms with E-state index in [-0.39, 0.29) is 47.4 Å². The van der Waals surface area contributed by atoms with E-state index in [1.54, 1.807) is 7.05 Å². The number of carbonyl (C=O) groups is 1. The standard InChI is InChI=1S/C18H37N5O.HI/c1-13(2)22-16(24)14-8-7-9-15(12-14)23-17(19-6)20-10-11-21-18(3,4)5;/h13-15,21H,7-12H2,1-6H3,(H,22,24)(H2,19,20,23);1H. The normalized spacial score (nSPS) is 21.5. The van der Waals surface area contributed by atoms with Crippen molar-refractivity contribution in [2.45, 2.75) is 77.9 Å². The maximum absolute atomic E-state index is 12.2. The van der Waals surface area contributed by atoms with Crippen LogP contribution in [0, 0.1) is 5.92 Å². The number of hydrogen-bond donors (Lipinski definition) is 4. The van der Waals surface area contributed by atoms with Crippen molar-refractivity contribution in [3.8, 4) is 0 Å². The summed E-state index contributed by atoms with van der Waals surface area (Å²) in [5.74, 6) is 1.12. The molecule has 1 aliphatic rings. The van der Waals surface area contributed by atoms with E-state index in [0.29, 0.717) is 6.04 Å². The van der Waals surface area contributed by atoms with Crippen LogP contribution in [0.15, 0.2) is 4.99 Å². The van der Waals surface area contributed by atoms with Crippen LogP contribution in [0.5, 0.6) is 0 Å². The lowest BCUT2D eigenvalue weighted by atomic mass is 9.85. The summed E-state index contributed by atoms with van der Waals surface area (Å²) < 4.78 is 0. The van der Waals surface area contributed by atoms with Crippen molar-refractivity contribution in [3.05, 3.63) is 0 Å². The van der Waals surface area contributed by atoms with Crippen LogP contribution in [-0.2, 0) is 4.79 Å². The number of carbonyl (C=O) groups excluding carboxylic acids is 1. The van der Waals surface area contributed by atoms with Gasteiger partial charge in [0.15, 0.2) is 5.96 Å². The van der Waals surface area contributed by atoms with Gasteiger partial charge in [0.2, 0.25) is 5.91 Å². The molecule has 6 nitrogen and oxygen atoms in total. The summed E-state index contributed by atoms with van der Waals surface area (Å²) in [4.78, 5) is 16.5. The Labute approximate surface area is 170 Å². The Bertz CT molecular complexity index is 420. The molecule has 0 heterocycles. The highest BCUT2D eigenvalue weighted by Crippen LogP contribution is 2.24. The zero-order valence-corrected chi connectivity index (χ0v) is 19.1. The fourth-order valence-electron chi connectivity index (χ4n) is 2.97. The molecule has 2 unspecified atom stereocenters. The number of hydrogen-bond acceptors (Lipinski definition) is 3. The number of rotatable bonds is 6. The minimum Gasteiger partial charge on any atom is -0.355 e. The van der Waals surface area contributed by atoms with Crippen LogP contribution in [0.4, 0.5) is 0 Å². The van der Waals surface area contributed by atoms with Crippen molar-refractivity contribution in [2.24, 2.45) is 10.9 Å². The molecule has 1 fully saturated rings. The number of nitrogens with one attached hydrogen (secondary N) is 4. The van der Waals surface area contributed by atoms with Crippen LogP contribution in [-0.4, -0.2) is 49.6 Å². The van der Waals surface area contributed by atoms with Crippen LogP contribution < -0.4 is 21.3 Å². The molecule has 0 saturated heterocycles. The van der Waals surface area contributed by atoms with Gasteiger partial charge >= 0.3 is 0 Å². The second-order valence-corrected chi connectivity index (χ2v) is 8.04. The first-order chi connectivity index (χ1) is 11.2. The Kier molecular flexibility index (Phi) is 11.7. The van der Waals surface area contributed by atoms with Crippen LogP contribution in [0.3, 0.4) is 0 Å². The fourth-order valence-corrected chi connectivity index (χ4v) is 2.97. The molecule has 25 heavy (non-hydrogen) atoms. The van der Waals surface area contributed by atoms with E-state index in [9.17, 15) is 4.79 Å². The maximum atomic E-state index is 12.2. The van der Waals surface area contributed by atoms with E-state index in [0.717, 1.165) is 44.7 Å². The lowest BCUT2D eigenvalue weighted by molar-refractivity contribution is -0.126. The molecule has 2 atom stereocenters. The highest BCUT2D eigenvalue weighted by molar-refractivity contribution is 14.0. The number of nitrogens with zero attached hydrogens (tertiary/aromatic N) is 1. The summed E-state index contributed by atoms with van der Waals surface area (Å²) in [6.45, 7) is 12.2. The van der Waals surface area contributed by atoms with Crippen molar-refractivity contribution in [1.82, 2.24) is 21.3 Å². The van der Waals surface area contributed by atoms with E-state index in [2.05, 4.69) is 47.0 Å². The van der Waals surface area contributed by atoms with Crippen molar-refractivity contribution < 1.29 is 4.79 Å². The van der Waals surface area contributed by atoms with Gasteiger partial charge in [0.25, 0.3) is 0 Å². The molecule has 7 heteroatoms. The summed E-state index contributed by atoms with van der Waals surface area (Å²) in [6, 6.07) is 0.513. The minimum absolute atomic E-state index is 0. The zero-order chi connectivity index (χ0) is 18.2. The van der Waals surface area contributed by atoms with Gasteiger partial charge in [-0.05, 0) is 53.9 Å². The van der Waals surface area contributed by atoms with E-state index in [4.69, 9.17) is 0 Å². The summed E-state index contributed by atoms with van der Waals surface area (Å²) >= 11 is 0. The summed E-state index contributed by atoms with van der Waals surface area (Å²) in [7, 11) is 1.79. The second-order valence-electron chi connectivity index (χ2n) is 8.04. The summed E-state index contributed by atoms with van der Waals surface area (Å²) in [5.41, 5.74) is 0.124. The second kappa shape index (κ2) is 11.9. The number of guanidine groups is 1. The first-order valence-corrected chi connectivity index (χ1v) is 9.24. The van der Waals surface area contributed by atoms with Crippen LogP contribution >= 0.6 is 24.0 Å². The van der Waals surface area contributed by atoms with Crippen LogP contribution in [0.2, 0.25) is 0 Å². The molecule has 1 amide bonds. The van der Waals surface area contributed by atoms with E-state index in [1.807, 2.05) is 13.8 Å². The number of halogens is 1. The third-order valence-electron chi connectivity index (χ3n) is 4.11. The van der Waals surface area contributed by atoms with Gasteiger partial charge in [-0.2, -0.15) is 0 Å². The molecule has 4 N–H and O–H groups in total. The molecule has 148 valence electrons. The van der Waals surface area contributed by atoms with E-state index in [1.165, 1.54) is 0 Å². The third kappa shape index (κ3) is 10.9. The van der Waals surface area contributed by atoms with E-state index < -0.39 is 0 Å². The monoisotopic (exact) mass is 467 g/mol. The average molecular weight is 467 g/mol. The molecule has 0 aromatic carbocycles. The number of aliphatic imine (C=N–C) groups is 1. The topological polar surface area (TPSA) is 77.6 Å².